The second kappa shape index (κ2) is 4.87. The molecule has 2 aromatic carbocycles. The second-order valence-electron chi connectivity index (χ2n) is 3.96. The Kier molecular flexibility index (Phi) is 3.28. The number of anilines is 2. The van der Waals surface area contributed by atoms with Crippen molar-refractivity contribution in [1.29, 1.82) is 0 Å². The zero-order valence-electron chi connectivity index (χ0n) is 9.77. The number of hydrogen-bond acceptors (Lipinski definition) is 2. The van der Waals surface area contributed by atoms with Crippen LogP contribution in [0.5, 0.6) is 0 Å². The Balaban J connectivity index is 2.41. The van der Waals surface area contributed by atoms with Crippen LogP contribution < -0.4 is 5.32 Å². The molecule has 0 aliphatic heterocycles. The number of hydrogen-bond donors (Lipinski definition) is 2. The molecule has 0 saturated carbocycles. The van der Waals surface area contributed by atoms with Crippen molar-refractivity contribution >= 4 is 17.3 Å². The van der Waals surface area contributed by atoms with E-state index < -0.39 is 11.8 Å². The van der Waals surface area contributed by atoms with E-state index in [-0.39, 0.29) is 11.3 Å². The van der Waals surface area contributed by atoms with Crippen LogP contribution in [0.2, 0.25) is 0 Å². The number of halogens is 1. The highest BCUT2D eigenvalue weighted by molar-refractivity contribution is 5.95. The summed E-state index contributed by atoms with van der Waals surface area (Å²) in [6.07, 6.45) is 0. The maximum Gasteiger partial charge on any atom is 0.337 e. The summed E-state index contributed by atoms with van der Waals surface area (Å²) < 4.78 is 13.5. The van der Waals surface area contributed by atoms with Crippen LogP contribution in [0.25, 0.3) is 0 Å². The molecule has 2 rings (SSSR count). The number of benzene rings is 2. The fraction of sp³-hybridized carbons (Fsp3) is 0.0714. The third-order valence-corrected chi connectivity index (χ3v) is 2.55. The molecule has 0 atom stereocenters. The molecule has 0 spiro atoms. The molecule has 2 N–H and O–H groups in total. The van der Waals surface area contributed by atoms with Crippen LogP contribution in [-0.4, -0.2) is 11.1 Å². The zero-order valence-corrected chi connectivity index (χ0v) is 9.77. The quantitative estimate of drug-likeness (QED) is 0.869. The summed E-state index contributed by atoms with van der Waals surface area (Å²) in [5, 5.41) is 11.9. The number of rotatable bonds is 3. The Morgan fingerprint density at radius 2 is 1.89 bits per heavy atom. The molecule has 0 saturated heterocycles. The number of nitrogens with one attached hydrogen (secondary N) is 1. The lowest BCUT2D eigenvalue weighted by Crippen LogP contribution is -2.04. The minimum Gasteiger partial charge on any atom is -0.478 e. The van der Waals surface area contributed by atoms with Gasteiger partial charge in [0.2, 0.25) is 0 Å². The van der Waals surface area contributed by atoms with Gasteiger partial charge in [0.15, 0.2) is 0 Å². The molecule has 0 fully saturated rings. The molecule has 92 valence electrons. The number of para-hydroxylation sites is 1. The predicted octanol–water partition coefficient (Wildman–Crippen LogP) is 3.58. The molecule has 18 heavy (non-hydrogen) atoms. The first-order chi connectivity index (χ1) is 8.58. The lowest BCUT2D eigenvalue weighted by Gasteiger charge is -2.10. The van der Waals surface area contributed by atoms with Gasteiger partial charge < -0.3 is 10.4 Å². The summed E-state index contributed by atoms with van der Waals surface area (Å²) in [7, 11) is 0. The number of carbonyl (C=O) groups is 1. The number of carboxylic acid groups (broad SMARTS) is 1. The molecular weight excluding hydrogens is 233 g/mol. The van der Waals surface area contributed by atoms with E-state index in [1.165, 1.54) is 6.07 Å². The van der Waals surface area contributed by atoms with Gasteiger partial charge in [0.1, 0.15) is 5.82 Å². The van der Waals surface area contributed by atoms with Gasteiger partial charge in [-0.3, -0.25) is 0 Å². The van der Waals surface area contributed by atoms with Crippen molar-refractivity contribution in [3.8, 4) is 0 Å². The average molecular weight is 245 g/mol. The molecule has 0 amide bonds. The Hall–Kier alpha value is -2.36. The first-order valence-corrected chi connectivity index (χ1v) is 5.43. The predicted molar refractivity (Wildman–Crippen MR) is 67.8 cm³/mol. The smallest absolute Gasteiger partial charge is 0.337 e. The minimum absolute atomic E-state index is 0.123. The largest absolute Gasteiger partial charge is 0.478 e. The van der Waals surface area contributed by atoms with Gasteiger partial charge in [-0.15, -0.1) is 0 Å². The third-order valence-electron chi connectivity index (χ3n) is 2.55. The van der Waals surface area contributed by atoms with Gasteiger partial charge >= 0.3 is 5.97 Å². The van der Waals surface area contributed by atoms with Gasteiger partial charge in [0.05, 0.1) is 16.9 Å². The number of aryl methyl sites for hydroxylation is 1. The van der Waals surface area contributed by atoms with E-state index in [9.17, 15) is 9.18 Å². The maximum atomic E-state index is 13.5. The first kappa shape index (κ1) is 12.1. The topological polar surface area (TPSA) is 49.3 Å². The van der Waals surface area contributed by atoms with E-state index in [0.717, 1.165) is 5.56 Å². The van der Waals surface area contributed by atoms with Crippen LogP contribution in [0.1, 0.15) is 15.9 Å². The lowest BCUT2D eigenvalue weighted by molar-refractivity contribution is 0.0698. The van der Waals surface area contributed by atoms with Crippen LogP contribution in [0.15, 0.2) is 42.5 Å². The molecule has 0 heterocycles. The van der Waals surface area contributed by atoms with E-state index in [2.05, 4.69) is 5.32 Å². The Bertz CT molecular complexity index is 596. The molecule has 0 radical (unpaired) electrons. The van der Waals surface area contributed by atoms with Gasteiger partial charge in [-0.05, 0) is 31.2 Å². The lowest BCUT2D eigenvalue weighted by atomic mass is 10.1. The van der Waals surface area contributed by atoms with E-state index in [0.29, 0.717) is 5.69 Å². The number of aromatic carboxylic acids is 1. The van der Waals surface area contributed by atoms with Crippen molar-refractivity contribution in [2.45, 2.75) is 6.92 Å². The third kappa shape index (κ3) is 2.48. The molecule has 0 aromatic heterocycles. The van der Waals surface area contributed by atoms with Crippen molar-refractivity contribution in [1.82, 2.24) is 0 Å². The summed E-state index contributed by atoms with van der Waals surface area (Å²) in [6.45, 7) is 1.80. The van der Waals surface area contributed by atoms with Crippen molar-refractivity contribution in [2.75, 3.05) is 5.32 Å². The van der Waals surface area contributed by atoms with E-state index >= 15 is 0 Å². The van der Waals surface area contributed by atoms with Gasteiger partial charge in [0, 0.05) is 0 Å². The van der Waals surface area contributed by atoms with E-state index in [1.54, 1.807) is 43.3 Å². The van der Waals surface area contributed by atoms with Crippen molar-refractivity contribution in [2.24, 2.45) is 0 Å². The average Bonchev–Trinajstić information content (AvgIpc) is 2.34. The van der Waals surface area contributed by atoms with Crippen LogP contribution in [0.3, 0.4) is 0 Å². The molecule has 3 nitrogen and oxygen atoms in total. The van der Waals surface area contributed by atoms with Gasteiger partial charge in [-0.25, -0.2) is 9.18 Å². The molecular formula is C14H12FNO2. The Morgan fingerprint density at radius 1 is 1.17 bits per heavy atom. The van der Waals surface area contributed by atoms with Gasteiger partial charge in [-0.2, -0.15) is 0 Å². The molecule has 0 aliphatic rings. The Morgan fingerprint density at radius 3 is 2.56 bits per heavy atom. The molecule has 0 aliphatic carbocycles. The van der Waals surface area contributed by atoms with Gasteiger partial charge in [0.25, 0.3) is 0 Å². The first-order valence-electron chi connectivity index (χ1n) is 5.43. The Labute approximate surface area is 104 Å². The molecule has 0 unspecified atom stereocenters. The fourth-order valence-electron chi connectivity index (χ4n) is 1.65. The highest BCUT2D eigenvalue weighted by atomic mass is 19.1. The van der Waals surface area contributed by atoms with Crippen LogP contribution in [0.4, 0.5) is 15.8 Å². The normalized spacial score (nSPS) is 10.1. The second-order valence-corrected chi connectivity index (χ2v) is 3.96. The highest BCUT2D eigenvalue weighted by Crippen LogP contribution is 2.23. The van der Waals surface area contributed by atoms with Crippen molar-refractivity contribution in [3.63, 3.8) is 0 Å². The maximum absolute atomic E-state index is 13.5. The van der Waals surface area contributed by atoms with Crippen LogP contribution in [0, 0.1) is 12.7 Å². The van der Waals surface area contributed by atoms with Crippen molar-refractivity contribution < 1.29 is 14.3 Å². The van der Waals surface area contributed by atoms with E-state index in [4.69, 9.17) is 5.11 Å². The molecule has 4 heteroatoms. The SMILES string of the molecule is Cc1ccc(Nc2ccccc2F)c(C(=O)O)c1. The summed E-state index contributed by atoms with van der Waals surface area (Å²) >= 11 is 0. The number of carboxylic acids is 1. The van der Waals surface area contributed by atoms with E-state index in [1.807, 2.05) is 0 Å². The summed E-state index contributed by atoms with van der Waals surface area (Å²) in [5.74, 6) is -1.47. The monoisotopic (exact) mass is 245 g/mol. The summed E-state index contributed by atoms with van der Waals surface area (Å²) in [6, 6.07) is 11.1. The fourth-order valence-corrected chi connectivity index (χ4v) is 1.65. The molecule has 0 bridgehead atoms. The van der Waals surface area contributed by atoms with Crippen LogP contribution in [-0.2, 0) is 0 Å². The summed E-state index contributed by atoms with van der Waals surface area (Å²) in [5.41, 5.74) is 1.59. The summed E-state index contributed by atoms with van der Waals surface area (Å²) in [4.78, 5) is 11.1. The minimum atomic E-state index is -1.04. The zero-order chi connectivity index (χ0) is 13.1. The highest BCUT2D eigenvalue weighted by Gasteiger charge is 2.11. The van der Waals surface area contributed by atoms with Crippen LogP contribution >= 0.6 is 0 Å². The standard InChI is InChI=1S/C14H12FNO2/c1-9-6-7-12(10(8-9)14(17)18)16-13-5-3-2-4-11(13)15/h2-8,16H,1H3,(H,17,18). The molecule has 2 aromatic rings. The van der Waals surface area contributed by atoms with Crippen molar-refractivity contribution in [3.05, 3.63) is 59.4 Å². The van der Waals surface area contributed by atoms with Gasteiger partial charge in [-0.1, -0.05) is 23.8 Å².